The van der Waals surface area contributed by atoms with Crippen LogP contribution in [-0.2, 0) is 6.61 Å². The molecule has 172 valence electrons. The molecule has 1 saturated heterocycles. The van der Waals surface area contributed by atoms with Gasteiger partial charge in [0, 0.05) is 36.8 Å². The Hall–Kier alpha value is -3.39. The molecule has 9 heteroatoms. The quantitative estimate of drug-likeness (QED) is 0.555. The predicted molar refractivity (Wildman–Crippen MR) is 120 cm³/mol. The lowest BCUT2D eigenvalue weighted by Gasteiger charge is -2.35. The fourth-order valence-electron chi connectivity index (χ4n) is 3.68. The van der Waals surface area contributed by atoms with Gasteiger partial charge in [0.25, 0.3) is 11.8 Å². The summed E-state index contributed by atoms with van der Waals surface area (Å²) in [4.78, 5) is 28.7. The highest BCUT2D eigenvalue weighted by atomic mass is 35.5. The second-order valence-electron chi connectivity index (χ2n) is 7.82. The van der Waals surface area contributed by atoms with E-state index in [1.165, 1.54) is 23.1 Å². The van der Waals surface area contributed by atoms with Gasteiger partial charge in [-0.1, -0.05) is 16.8 Å². The first kappa shape index (κ1) is 22.8. The van der Waals surface area contributed by atoms with Crippen molar-refractivity contribution in [2.75, 3.05) is 26.2 Å². The van der Waals surface area contributed by atoms with Crippen LogP contribution in [0.3, 0.4) is 0 Å². The highest BCUT2D eigenvalue weighted by Crippen LogP contribution is 2.20. The SMILES string of the molecule is Cc1noc(C)c1COc1ccc(C(=O)N2CCN(C(=O)c3cc(Cl)ccc3F)CC2)cc1. The Kier molecular flexibility index (Phi) is 6.65. The van der Waals surface area contributed by atoms with Gasteiger partial charge in [0.05, 0.1) is 16.8 Å². The molecule has 1 aliphatic heterocycles. The summed E-state index contributed by atoms with van der Waals surface area (Å²) in [6, 6.07) is 10.8. The largest absolute Gasteiger partial charge is 0.489 e. The molecule has 0 atom stereocenters. The minimum atomic E-state index is -0.612. The third-order valence-corrected chi connectivity index (χ3v) is 5.91. The van der Waals surface area contributed by atoms with Crippen molar-refractivity contribution < 1.29 is 23.2 Å². The fourth-order valence-corrected chi connectivity index (χ4v) is 3.86. The molecule has 0 saturated carbocycles. The second kappa shape index (κ2) is 9.62. The molecule has 1 fully saturated rings. The Morgan fingerprint density at radius 3 is 2.27 bits per heavy atom. The molecule has 0 N–H and O–H groups in total. The van der Waals surface area contributed by atoms with E-state index in [0.717, 1.165) is 17.0 Å². The summed E-state index contributed by atoms with van der Waals surface area (Å²) in [5, 5.41) is 4.20. The van der Waals surface area contributed by atoms with Crippen LogP contribution in [0.4, 0.5) is 4.39 Å². The van der Waals surface area contributed by atoms with Gasteiger partial charge in [-0.05, 0) is 56.3 Å². The van der Waals surface area contributed by atoms with E-state index in [1.807, 2.05) is 13.8 Å². The first-order chi connectivity index (χ1) is 15.8. The Balaban J connectivity index is 1.33. The molecule has 2 amide bonds. The van der Waals surface area contributed by atoms with Crippen molar-refractivity contribution in [1.29, 1.82) is 0 Å². The van der Waals surface area contributed by atoms with E-state index in [0.29, 0.717) is 49.1 Å². The van der Waals surface area contributed by atoms with Gasteiger partial charge in [-0.15, -0.1) is 0 Å². The van der Waals surface area contributed by atoms with Crippen molar-refractivity contribution in [3.05, 3.63) is 81.4 Å². The minimum absolute atomic E-state index is 0.0607. The second-order valence-corrected chi connectivity index (χ2v) is 8.26. The van der Waals surface area contributed by atoms with Gasteiger partial charge >= 0.3 is 0 Å². The molecular formula is C24H23ClFN3O4. The molecule has 2 aromatic carbocycles. The maximum atomic E-state index is 14.0. The number of aryl methyl sites for hydroxylation is 2. The van der Waals surface area contributed by atoms with Gasteiger partial charge in [-0.25, -0.2) is 4.39 Å². The smallest absolute Gasteiger partial charge is 0.257 e. The minimum Gasteiger partial charge on any atom is -0.489 e. The first-order valence-corrected chi connectivity index (χ1v) is 10.9. The third kappa shape index (κ3) is 5.01. The van der Waals surface area contributed by atoms with Crippen LogP contribution in [0.5, 0.6) is 5.75 Å². The Bertz CT molecular complexity index is 1150. The molecule has 0 radical (unpaired) electrons. The number of aromatic nitrogens is 1. The zero-order valence-electron chi connectivity index (χ0n) is 18.3. The van der Waals surface area contributed by atoms with Crippen LogP contribution >= 0.6 is 11.6 Å². The Morgan fingerprint density at radius 1 is 1.03 bits per heavy atom. The van der Waals surface area contributed by atoms with E-state index in [9.17, 15) is 14.0 Å². The van der Waals surface area contributed by atoms with Gasteiger partial charge in [0.2, 0.25) is 0 Å². The van der Waals surface area contributed by atoms with Gasteiger partial charge < -0.3 is 19.1 Å². The molecule has 0 unspecified atom stereocenters. The van der Waals surface area contributed by atoms with Crippen LogP contribution in [0.15, 0.2) is 47.0 Å². The molecule has 1 aliphatic rings. The summed E-state index contributed by atoms with van der Waals surface area (Å²) in [7, 11) is 0. The molecule has 3 aromatic rings. The number of nitrogens with zero attached hydrogens (tertiary/aromatic N) is 3. The van der Waals surface area contributed by atoms with Crippen LogP contribution in [0.1, 0.15) is 37.7 Å². The average Bonchev–Trinajstić information content (AvgIpc) is 3.15. The Labute approximate surface area is 195 Å². The average molecular weight is 472 g/mol. The highest BCUT2D eigenvalue weighted by molar-refractivity contribution is 6.31. The predicted octanol–water partition coefficient (Wildman–Crippen LogP) is 4.26. The lowest BCUT2D eigenvalue weighted by atomic mass is 10.1. The Morgan fingerprint density at radius 2 is 1.67 bits per heavy atom. The number of ether oxygens (including phenoxy) is 1. The number of carbonyl (C=O) groups is 2. The maximum absolute atomic E-state index is 14.0. The van der Waals surface area contributed by atoms with Gasteiger partial charge in [0.1, 0.15) is 23.9 Å². The monoisotopic (exact) mass is 471 g/mol. The van der Waals surface area contributed by atoms with Crippen molar-refractivity contribution in [3.8, 4) is 5.75 Å². The molecule has 7 nitrogen and oxygen atoms in total. The van der Waals surface area contributed by atoms with Crippen molar-refractivity contribution in [2.45, 2.75) is 20.5 Å². The highest BCUT2D eigenvalue weighted by Gasteiger charge is 2.27. The molecule has 4 rings (SSSR count). The van der Waals surface area contributed by atoms with E-state index >= 15 is 0 Å². The van der Waals surface area contributed by atoms with E-state index in [-0.39, 0.29) is 11.5 Å². The van der Waals surface area contributed by atoms with E-state index in [2.05, 4.69) is 5.16 Å². The van der Waals surface area contributed by atoms with Crippen LogP contribution < -0.4 is 4.74 Å². The topological polar surface area (TPSA) is 75.9 Å². The van der Waals surface area contributed by atoms with Crippen LogP contribution in [-0.4, -0.2) is 52.9 Å². The number of carbonyl (C=O) groups excluding carboxylic acids is 2. The van der Waals surface area contributed by atoms with Crippen LogP contribution in [0.25, 0.3) is 0 Å². The van der Waals surface area contributed by atoms with Crippen molar-refractivity contribution in [3.63, 3.8) is 0 Å². The summed E-state index contributed by atoms with van der Waals surface area (Å²) >= 11 is 5.90. The fraction of sp³-hybridized carbons (Fsp3) is 0.292. The molecule has 2 heterocycles. The molecule has 33 heavy (non-hydrogen) atoms. The first-order valence-electron chi connectivity index (χ1n) is 10.5. The van der Waals surface area contributed by atoms with Gasteiger partial charge in [-0.2, -0.15) is 0 Å². The number of halogens is 2. The van der Waals surface area contributed by atoms with Crippen molar-refractivity contribution >= 4 is 23.4 Å². The normalized spacial score (nSPS) is 13.8. The molecule has 1 aromatic heterocycles. The van der Waals surface area contributed by atoms with Crippen LogP contribution in [0.2, 0.25) is 5.02 Å². The maximum Gasteiger partial charge on any atom is 0.257 e. The molecule has 0 bridgehead atoms. The van der Waals surface area contributed by atoms with E-state index in [4.69, 9.17) is 20.9 Å². The van der Waals surface area contributed by atoms with Gasteiger partial charge in [-0.3, -0.25) is 9.59 Å². The summed E-state index contributed by atoms with van der Waals surface area (Å²) in [6.07, 6.45) is 0. The van der Waals surface area contributed by atoms with Crippen LogP contribution in [0, 0.1) is 19.7 Å². The number of hydrogen-bond acceptors (Lipinski definition) is 5. The standard InChI is InChI=1S/C24H23ClFN3O4/c1-15-21(16(2)33-27-15)14-32-19-6-3-17(4-7-19)23(30)28-9-11-29(12-10-28)24(31)20-13-18(25)5-8-22(20)26/h3-8,13H,9-12,14H2,1-2H3. The zero-order chi connectivity index (χ0) is 23.5. The number of piperazine rings is 1. The number of benzene rings is 2. The van der Waals surface area contributed by atoms with E-state index < -0.39 is 11.7 Å². The third-order valence-electron chi connectivity index (χ3n) is 5.68. The summed E-state index contributed by atoms with van der Waals surface area (Å²) in [5.41, 5.74) is 2.16. The number of hydrogen-bond donors (Lipinski definition) is 0. The van der Waals surface area contributed by atoms with Crippen molar-refractivity contribution in [2.24, 2.45) is 0 Å². The summed E-state index contributed by atoms with van der Waals surface area (Å²) < 4.78 is 24.9. The summed E-state index contributed by atoms with van der Waals surface area (Å²) in [6.45, 7) is 5.37. The lowest BCUT2D eigenvalue weighted by molar-refractivity contribution is 0.0533. The zero-order valence-corrected chi connectivity index (χ0v) is 19.1. The molecule has 0 spiro atoms. The van der Waals surface area contributed by atoms with Crippen molar-refractivity contribution in [1.82, 2.24) is 15.0 Å². The molecular weight excluding hydrogens is 449 g/mol. The summed E-state index contributed by atoms with van der Waals surface area (Å²) in [5.74, 6) is 0.176. The number of amides is 2. The van der Waals surface area contributed by atoms with Gasteiger partial charge in [0.15, 0.2) is 0 Å². The lowest BCUT2D eigenvalue weighted by Crippen LogP contribution is -2.50. The number of rotatable bonds is 5. The molecule has 0 aliphatic carbocycles. The van der Waals surface area contributed by atoms with E-state index in [1.54, 1.807) is 29.2 Å².